The molecule has 0 amide bonds. The summed E-state index contributed by atoms with van der Waals surface area (Å²) < 4.78 is 18.5. The first kappa shape index (κ1) is 35.0. The molecule has 9 unspecified atom stereocenters. The molecule has 0 bridgehead atoms. The summed E-state index contributed by atoms with van der Waals surface area (Å²) in [5.41, 5.74) is -2.95. The molecule has 3 aliphatic rings. The van der Waals surface area contributed by atoms with Gasteiger partial charge in [0.15, 0.2) is 5.78 Å². The lowest BCUT2D eigenvalue weighted by Crippen LogP contribution is -2.71. The van der Waals surface area contributed by atoms with E-state index in [0.29, 0.717) is 12.0 Å². The Morgan fingerprint density at radius 3 is 2.30 bits per heavy atom. The molecule has 47 heavy (non-hydrogen) atoms. The molecule has 3 N–H and O–H groups in total. The lowest BCUT2D eigenvalue weighted by Gasteiger charge is -2.60. The Morgan fingerprint density at radius 1 is 1.02 bits per heavy atom. The second-order valence-corrected chi connectivity index (χ2v) is 14.3. The number of Topliss-reactive ketones (excluding diaryl/α,β-unsaturated/α-hetero) is 1. The summed E-state index contributed by atoms with van der Waals surface area (Å²) in [5, 5.41) is 36.7. The summed E-state index contributed by atoms with van der Waals surface area (Å²) in [5.74, 6) is -3.09. The van der Waals surface area contributed by atoms with Gasteiger partial charge in [-0.15, -0.1) is 0 Å². The van der Waals surface area contributed by atoms with Crippen LogP contribution in [0.1, 0.15) is 76.2 Å². The van der Waals surface area contributed by atoms with Gasteiger partial charge in [0.2, 0.25) is 0 Å². The topological polar surface area (TPSA) is 140 Å². The van der Waals surface area contributed by atoms with E-state index in [9.17, 15) is 29.7 Å². The van der Waals surface area contributed by atoms with Gasteiger partial charge in [-0.25, -0.2) is 4.79 Å². The van der Waals surface area contributed by atoms with Gasteiger partial charge in [-0.1, -0.05) is 75.4 Å². The summed E-state index contributed by atoms with van der Waals surface area (Å²) in [6.07, 6.45) is -3.47. The van der Waals surface area contributed by atoms with Crippen molar-refractivity contribution in [1.29, 1.82) is 0 Å². The maximum absolute atomic E-state index is 14.1. The van der Waals surface area contributed by atoms with Crippen molar-refractivity contribution in [3.8, 4) is 0 Å². The average Bonchev–Trinajstić information content (AvgIpc) is 3.15. The number of ketones is 1. The zero-order chi connectivity index (χ0) is 34.1. The summed E-state index contributed by atoms with van der Waals surface area (Å²) in [4.78, 5) is 41.1. The number of benzene rings is 2. The van der Waals surface area contributed by atoms with Crippen LogP contribution in [-0.2, 0) is 30.2 Å². The van der Waals surface area contributed by atoms with Crippen molar-refractivity contribution in [2.24, 2.45) is 22.7 Å². The van der Waals surface area contributed by atoms with Crippen molar-refractivity contribution in [2.75, 3.05) is 6.61 Å². The molecule has 9 nitrogen and oxygen atoms in total. The lowest BCUT2D eigenvalue weighted by atomic mass is 9.49. The Balaban J connectivity index is 1.62. The largest absolute Gasteiger partial charge is 0.458 e. The van der Waals surface area contributed by atoms with Crippen molar-refractivity contribution in [1.82, 2.24) is 0 Å². The first-order valence-electron chi connectivity index (χ1n) is 16.6. The fraction of sp³-hybridized carbons (Fsp3) is 0.553. The molecular weight excluding hydrogens is 600 g/mol. The summed E-state index contributed by atoms with van der Waals surface area (Å²) in [6.45, 7) is 8.83. The second-order valence-electron chi connectivity index (χ2n) is 14.3. The van der Waals surface area contributed by atoms with Crippen LogP contribution in [0, 0.1) is 22.7 Å². The van der Waals surface area contributed by atoms with E-state index in [1.807, 2.05) is 44.2 Å². The number of rotatable bonds is 7. The number of fused-ring (bicyclic) bond motifs is 2. The van der Waals surface area contributed by atoms with Crippen LogP contribution in [0.15, 0.2) is 72.3 Å². The Morgan fingerprint density at radius 2 is 1.66 bits per heavy atom. The van der Waals surface area contributed by atoms with Crippen molar-refractivity contribution in [2.45, 2.75) is 103 Å². The van der Waals surface area contributed by atoms with Gasteiger partial charge in [-0.05, 0) is 55.9 Å². The fourth-order valence-electron chi connectivity index (χ4n) is 8.09. The van der Waals surface area contributed by atoms with Crippen LogP contribution in [-0.4, -0.2) is 75.8 Å². The minimum Gasteiger partial charge on any atom is -0.458 e. The fourth-order valence-corrected chi connectivity index (χ4v) is 8.09. The molecule has 5 rings (SSSR count). The molecule has 0 radical (unpaired) electrons. The molecule has 9 atom stereocenters. The zero-order valence-corrected chi connectivity index (χ0v) is 27.9. The lowest BCUT2D eigenvalue weighted by molar-refractivity contribution is -0.239. The third-order valence-corrected chi connectivity index (χ3v) is 11.1. The van der Waals surface area contributed by atoms with E-state index in [0.717, 1.165) is 5.56 Å². The molecule has 1 aliphatic heterocycles. The van der Waals surface area contributed by atoms with Crippen LogP contribution in [0.2, 0.25) is 0 Å². The Labute approximate surface area is 276 Å². The van der Waals surface area contributed by atoms with Crippen molar-refractivity contribution >= 4 is 17.7 Å². The van der Waals surface area contributed by atoms with Gasteiger partial charge in [0.25, 0.3) is 0 Å². The smallest absolute Gasteiger partial charge is 0.338 e. The summed E-state index contributed by atoms with van der Waals surface area (Å²) in [7, 11) is 0. The number of hydrogen-bond donors (Lipinski definition) is 3. The van der Waals surface area contributed by atoms with Crippen LogP contribution < -0.4 is 0 Å². The average molecular weight is 649 g/mol. The third-order valence-electron chi connectivity index (χ3n) is 11.1. The molecule has 2 aromatic rings. The maximum atomic E-state index is 14.1. The number of ether oxygens (including phenoxy) is 3. The van der Waals surface area contributed by atoms with Crippen LogP contribution >= 0.6 is 0 Å². The van der Waals surface area contributed by atoms with E-state index in [-0.39, 0.29) is 43.8 Å². The normalized spacial score (nSPS) is 35.8. The minimum absolute atomic E-state index is 0.105. The quantitative estimate of drug-likeness (QED) is 0.290. The van der Waals surface area contributed by atoms with E-state index in [1.54, 1.807) is 57.2 Å². The van der Waals surface area contributed by atoms with Gasteiger partial charge in [0, 0.05) is 36.0 Å². The van der Waals surface area contributed by atoms with Crippen LogP contribution in [0.5, 0.6) is 0 Å². The Hall–Kier alpha value is -3.37. The van der Waals surface area contributed by atoms with E-state index in [1.165, 1.54) is 0 Å². The summed E-state index contributed by atoms with van der Waals surface area (Å²) >= 11 is 0. The number of carbonyl (C=O) groups is 3. The third kappa shape index (κ3) is 6.43. The number of carbonyl (C=O) groups excluding carboxylic acids is 3. The molecular formula is C38H48O9. The van der Waals surface area contributed by atoms with E-state index >= 15 is 0 Å². The predicted octanol–water partition coefficient (Wildman–Crippen LogP) is 4.61. The van der Waals surface area contributed by atoms with Crippen molar-refractivity contribution in [3.63, 3.8) is 0 Å². The van der Waals surface area contributed by atoms with Gasteiger partial charge in [-0.3, -0.25) is 9.59 Å². The number of aryl methyl sites for hydroxylation is 1. The van der Waals surface area contributed by atoms with Gasteiger partial charge >= 0.3 is 11.9 Å². The minimum atomic E-state index is -1.98. The molecule has 1 heterocycles. The highest BCUT2D eigenvalue weighted by molar-refractivity contribution is 5.90. The monoisotopic (exact) mass is 648 g/mol. The van der Waals surface area contributed by atoms with E-state index < -0.39 is 70.6 Å². The van der Waals surface area contributed by atoms with E-state index in [2.05, 4.69) is 0 Å². The highest BCUT2D eigenvalue weighted by atomic mass is 16.6. The predicted molar refractivity (Wildman–Crippen MR) is 174 cm³/mol. The molecule has 2 aliphatic carbocycles. The first-order valence-corrected chi connectivity index (χ1v) is 16.6. The van der Waals surface area contributed by atoms with Gasteiger partial charge in [0.1, 0.15) is 23.9 Å². The summed E-state index contributed by atoms with van der Waals surface area (Å²) in [6, 6.07) is 18.0. The number of aliphatic hydroxyl groups excluding tert-OH is 2. The Kier molecular flexibility index (Phi) is 10.1. The molecule has 2 fully saturated rings. The van der Waals surface area contributed by atoms with Gasteiger partial charge in [0.05, 0.1) is 24.4 Å². The van der Waals surface area contributed by atoms with Gasteiger partial charge < -0.3 is 29.5 Å². The molecule has 9 heteroatoms. The zero-order valence-electron chi connectivity index (χ0n) is 27.9. The number of hydrogen-bond acceptors (Lipinski definition) is 9. The van der Waals surface area contributed by atoms with Crippen LogP contribution in [0.3, 0.4) is 0 Å². The highest BCUT2D eigenvalue weighted by Crippen LogP contribution is 2.59. The Bertz CT molecular complexity index is 1470. The second kappa shape index (κ2) is 13.6. The van der Waals surface area contributed by atoms with Crippen molar-refractivity contribution < 1.29 is 43.9 Å². The maximum Gasteiger partial charge on any atom is 0.338 e. The first-order chi connectivity index (χ1) is 22.2. The number of esters is 2. The van der Waals surface area contributed by atoms with Gasteiger partial charge in [-0.2, -0.15) is 0 Å². The molecule has 0 spiro atoms. The standard InChI is InChI=1S/C38H48O9/c1-23(2)37-19-24(3)30(46-32(41)17-16-26-12-8-6-9-13-26)21-38(37,44)34(47-35(43)27-14-10-7-11-15-27)28-22-45-25(4)18-31(40)36(28,5)33(42)29(39)20-37/h6-15,19,23,25,28,30-31,33-34,40,42,44H,16-18,20-22H2,1-5H3. The molecule has 2 aromatic carbocycles. The molecule has 1 saturated heterocycles. The van der Waals surface area contributed by atoms with E-state index in [4.69, 9.17) is 14.2 Å². The van der Waals surface area contributed by atoms with Crippen LogP contribution in [0.25, 0.3) is 0 Å². The SMILES string of the molecule is CC1=CC2(C(C)C)CC(=O)C(O)C3(C)C(O)CC(C)OCC3C(OC(=O)c3ccccc3)C2(O)CC1OC(=O)CCc1ccccc1. The highest BCUT2D eigenvalue weighted by Gasteiger charge is 2.69. The molecule has 1 saturated carbocycles. The van der Waals surface area contributed by atoms with Crippen LogP contribution in [0.4, 0.5) is 0 Å². The number of aliphatic hydroxyl groups is 3. The molecule has 0 aromatic heterocycles. The molecule has 254 valence electrons. The van der Waals surface area contributed by atoms with Crippen molar-refractivity contribution in [3.05, 3.63) is 83.4 Å².